The molecule has 1 atom stereocenters. The molecule has 0 aliphatic carbocycles. The summed E-state index contributed by atoms with van der Waals surface area (Å²) in [6, 6.07) is 1.47. The topological polar surface area (TPSA) is 95.5 Å². The quantitative estimate of drug-likeness (QED) is 0.776. The lowest BCUT2D eigenvalue weighted by atomic mass is 10.0. The van der Waals surface area contributed by atoms with Gasteiger partial charge >= 0.3 is 12.0 Å². The van der Waals surface area contributed by atoms with Crippen molar-refractivity contribution in [3.8, 4) is 0 Å². The minimum atomic E-state index is -1.05. The number of aliphatic carboxylic acids is 1. The second kappa shape index (κ2) is 7.32. The van der Waals surface area contributed by atoms with Gasteiger partial charge in [0.1, 0.15) is 11.6 Å². The fourth-order valence-electron chi connectivity index (χ4n) is 1.61. The van der Waals surface area contributed by atoms with Gasteiger partial charge in [0.2, 0.25) is 5.91 Å². The van der Waals surface area contributed by atoms with Gasteiger partial charge in [-0.25, -0.2) is 13.6 Å². The van der Waals surface area contributed by atoms with Gasteiger partial charge in [-0.2, -0.15) is 0 Å². The van der Waals surface area contributed by atoms with E-state index in [-0.39, 0.29) is 12.8 Å². The van der Waals surface area contributed by atoms with Gasteiger partial charge < -0.3 is 10.4 Å². The Morgan fingerprint density at radius 1 is 1.24 bits per heavy atom. The molecule has 114 valence electrons. The molecule has 0 aliphatic heterocycles. The van der Waals surface area contributed by atoms with Crippen LogP contribution >= 0.6 is 0 Å². The number of carbonyl (C=O) groups excluding carboxylic acids is 2. The van der Waals surface area contributed by atoms with Gasteiger partial charge in [-0.3, -0.25) is 14.9 Å². The van der Waals surface area contributed by atoms with Crippen molar-refractivity contribution in [3.63, 3.8) is 0 Å². The van der Waals surface area contributed by atoms with Crippen LogP contribution in [0.2, 0.25) is 0 Å². The zero-order valence-corrected chi connectivity index (χ0v) is 11.2. The van der Waals surface area contributed by atoms with Crippen LogP contribution in [0.4, 0.5) is 19.3 Å². The van der Waals surface area contributed by atoms with Gasteiger partial charge in [-0.1, -0.05) is 6.92 Å². The van der Waals surface area contributed by atoms with E-state index < -0.39 is 41.1 Å². The Hall–Kier alpha value is -2.51. The van der Waals surface area contributed by atoms with Gasteiger partial charge in [-0.05, 0) is 18.1 Å². The van der Waals surface area contributed by atoms with E-state index in [1.165, 1.54) is 6.92 Å². The lowest BCUT2D eigenvalue weighted by molar-refractivity contribution is -0.138. The molecule has 1 aromatic rings. The number of amides is 3. The molecule has 1 rings (SSSR count). The van der Waals surface area contributed by atoms with Crippen LogP contribution in [-0.2, 0) is 9.59 Å². The molecule has 0 aromatic heterocycles. The van der Waals surface area contributed by atoms with Crippen LogP contribution < -0.4 is 10.6 Å². The first-order valence-corrected chi connectivity index (χ1v) is 6.05. The molecule has 21 heavy (non-hydrogen) atoms. The first-order valence-electron chi connectivity index (χ1n) is 6.05. The highest BCUT2D eigenvalue weighted by molar-refractivity contribution is 6.01. The SMILES string of the molecule is CC(CC(=O)O)CC(=O)NC(=O)Nc1cc(F)ccc1F. The van der Waals surface area contributed by atoms with Crippen LogP contribution in [0.3, 0.4) is 0 Å². The van der Waals surface area contributed by atoms with Crippen molar-refractivity contribution in [1.82, 2.24) is 5.32 Å². The standard InChI is InChI=1S/C13H14F2N2O4/c1-7(5-12(19)20)4-11(18)17-13(21)16-10-6-8(14)2-3-9(10)15/h2-3,6-7H,4-5H2,1H3,(H,19,20)(H2,16,17,18,21). The smallest absolute Gasteiger partial charge is 0.325 e. The average molecular weight is 300 g/mol. The van der Waals surface area contributed by atoms with E-state index in [4.69, 9.17) is 5.11 Å². The Morgan fingerprint density at radius 3 is 2.52 bits per heavy atom. The second-order valence-corrected chi connectivity index (χ2v) is 4.53. The molecule has 1 unspecified atom stereocenters. The van der Waals surface area contributed by atoms with Crippen molar-refractivity contribution in [2.45, 2.75) is 19.8 Å². The third-order valence-corrected chi connectivity index (χ3v) is 2.49. The van der Waals surface area contributed by atoms with E-state index in [2.05, 4.69) is 0 Å². The Balaban J connectivity index is 2.51. The number of anilines is 1. The van der Waals surface area contributed by atoms with E-state index >= 15 is 0 Å². The van der Waals surface area contributed by atoms with Crippen LogP contribution in [0.25, 0.3) is 0 Å². The van der Waals surface area contributed by atoms with Crippen LogP contribution in [0.1, 0.15) is 19.8 Å². The Bertz CT molecular complexity index is 563. The summed E-state index contributed by atoms with van der Waals surface area (Å²) >= 11 is 0. The highest BCUT2D eigenvalue weighted by atomic mass is 19.1. The Labute approximate surface area is 119 Å². The minimum absolute atomic E-state index is 0.175. The highest BCUT2D eigenvalue weighted by Gasteiger charge is 2.15. The van der Waals surface area contributed by atoms with Crippen LogP contribution in [0, 0.1) is 17.6 Å². The normalized spacial score (nSPS) is 11.6. The van der Waals surface area contributed by atoms with Gasteiger partial charge in [0.25, 0.3) is 0 Å². The number of halogens is 2. The predicted octanol–water partition coefficient (Wildman–Crippen LogP) is 2.11. The molecular weight excluding hydrogens is 286 g/mol. The summed E-state index contributed by atoms with van der Waals surface area (Å²) in [6.45, 7) is 1.54. The van der Waals surface area contributed by atoms with E-state index in [0.717, 1.165) is 18.2 Å². The molecule has 3 N–H and O–H groups in total. The number of carbonyl (C=O) groups is 3. The van der Waals surface area contributed by atoms with Gasteiger partial charge in [0.05, 0.1) is 5.69 Å². The molecule has 0 saturated carbocycles. The number of nitrogens with one attached hydrogen (secondary N) is 2. The first kappa shape index (κ1) is 16.5. The summed E-state index contributed by atoms with van der Waals surface area (Å²) < 4.78 is 26.2. The molecule has 0 fully saturated rings. The Kier molecular flexibility index (Phi) is 5.77. The van der Waals surface area contributed by atoms with Crippen LogP contribution in [0.15, 0.2) is 18.2 Å². The Morgan fingerprint density at radius 2 is 1.90 bits per heavy atom. The van der Waals surface area contributed by atoms with E-state index in [9.17, 15) is 23.2 Å². The lowest BCUT2D eigenvalue weighted by Crippen LogP contribution is -2.35. The molecule has 0 aliphatic rings. The van der Waals surface area contributed by atoms with Gasteiger partial charge in [-0.15, -0.1) is 0 Å². The molecule has 0 radical (unpaired) electrons. The zero-order chi connectivity index (χ0) is 16.0. The number of carboxylic acids is 1. The zero-order valence-electron chi connectivity index (χ0n) is 11.2. The van der Waals surface area contributed by atoms with Gasteiger partial charge in [0, 0.05) is 18.9 Å². The number of imide groups is 1. The number of urea groups is 1. The monoisotopic (exact) mass is 300 g/mol. The number of hydrogen-bond acceptors (Lipinski definition) is 3. The van der Waals surface area contributed by atoms with E-state index in [0.29, 0.717) is 0 Å². The molecule has 8 heteroatoms. The lowest BCUT2D eigenvalue weighted by Gasteiger charge is -2.10. The summed E-state index contributed by atoms with van der Waals surface area (Å²) in [4.78, 5) is 33.3. The third kappa shape index (κ3) is 5.98. The maximum absolute atomic E-state index is 13.3. The largest absolute Gasteiger partial charge is 0.481 e. The fourth-order valence-corrected chi connectivity index (χ4v) is 1.61. The molecule has 0 heterocycles. The molecular formula is C13H14F2N2O4. The number of carboxylic acid groups (broad SMARTS) is 1. The first-order chi connectivity index (χ1) is 9.77. The molecule has 0 spiro atoms. The van der Waals surface area contributed by atoms with Crippen molar-refractivity contribution in [3.05, 3.63) is 29.8 Å². The number of rotatable bonds is 5. The summed E-state index contributed by atoms with van der Waals surface area (Å²) in [5.74, 6) is -3.81. The van der Waals surface area contributed by atoms with Crippen molar-refractivity contribution < 1.29 is 28.3 Å². The van der Waals surface area contributed by atoms with Crippen molar-refractivity contribution in [2.24, 2.45) is 5.92 Å². The molecule has 0 bridgehead atoms. The number of hydrogen-bond donors (Lipinski definition) is 3. The molecule has 1 aromatic carbocycles. The van der Waals surface area contributed by atoms with E-state index in [1.807, 2.05) is 10.6 Å². The number of benzene rings is 1. The third-order valence-electron chi connectivity index (χ3n) is 2.49. The highest BCUT2D eigenvalue weighted by Crippen LogP contribution is 2.15. The van der Waals surface area contributed by atoms with Crippen molar-refractivity contribution in [2.75, 3.05) is 5.32 Å². The minimum Gasteiger partial charge on any atom is -0.481 e. The summed E-state index contributed by atoms with van der Waals surface area (Å²) in [6.07, 6.45) is -0.390. The van der Waals surface area contributed by atoms with Crippen molar-refractivity contribution >= 4 is 23.6 Å². The van der Waals surface area contributed by atoms with E-state index in [1.54, 1.807) is 0 Å². The molecule has 6 nitrogen and oxygen atoms in total. The molecule has 3 amide bonds. The van der Waals surface area contributed by atoms with Gasteiger partial charge in [0.15, 0.2) is 0 Å². The molecule has 0 saturated heterocycles. The summed E-state index contributed by atoms with van der Waals surface area (Å²) in [7, 11) is 0. The van der Waals surface area contributed by atoms with Crippen LogP contribution in [0.5, 0.6) is 0 Å². The fraction of sp³-hybridized carbons (Fsp3) is 0.308. The summed E-state index contributed by atoms with van der Waals surface area (Å²) in [5, 5.41) is 12.4. The predicted molar refractivity (Wildman–Crippen MR) is 69.6 cm³/mol. The maximum atomic E-state index is 13.3. The van der Waals surface area contributed by atoms with Crippen LogP contribution in [-0.4, -0.2) is 23.0 Å². The second-order valence-electron chi connectivity index (χ2n) is 4.53. The maximum Gasteiger partial charge on any atom is 0.325 e. The van der Waals surface area contributed by atoms with Crippen molar-refractivity contribution in [1.29, 1.82) is 0 Å². The summed E-state index contributed by atoms with van der Waals surface area (Å²) in [5.41, 5.74) is -0.404. The average Bonchev–Trinajstić information content (AvgIpc) is 2.32.